The number of para-hydroxylation sites is 1. The number of rotatable bonds is 3. The molecule has 0 heterocycles. The number of anilines is 1. The fourth-order valence-electron chi connectivity index (χ4n) is 2.79. The Balaban J connectivity index is 1.92. The summed E-state index contributed by atoms with van der Waals surface area (Å²) in [6, 6.07) is 20.3. The van der Waals surface area contributed by atoms with Crippen molar-refractivity contribution < 1.29 is 4.79 Å². The molecule has 0 saturated carbocycles. The Kier molecular flexibility index (Phi) is 3.38. The predicted octanol–water partition coefficient (Wildman–Crippen LogP) is 3.41. The van der Waals surface area contributed by atoms with Crippen LogP contribution in [0.25, 0.3) is 0 Å². The van der Waals surface area contributed by atoms with Gasteiger partial charge in [0, 0.05) is 12.7 Å². The first kappa shape index (κ1) is 12.7. The standard InChI is InChI=1S/C18H17NO/c1-19(15-10-6-3-7-11-15)16-12-13-17(20)18(16)14-8-4-2-5-9-14/h2-13,16,18H,1H3/t16-,18+/m1/s1. The molecule has 1 aliphatic carbocycles. The minimum absolute atomic E-state index is 0.0762. The van der Waals surface area contributed by atoms with Crippen LogP contribution >= 0.6 is 0 Å². The Morgan fingerprint density at radius 3 is 2.15 bits per heavy atom. The third-order valence-corrected chi connectivity index (χ3v) is 3.88. The van der Waals surface area contributed by atoms with Gasteiger partial charge in [-0.15, -0.1) is 0 Å². The molecule has 2 aromatic carbocycles. The van der Waals surface area contributed by atoms with Gasteiger partial charge < -0.3 is 4.90 Å². The summed E-state index contributed by atoms with van der Waals surface area (Å²) in [7, 11) is 2.04. The van der Waals surface area contributed by atoms with E-state index in [1.807, 2.05) is 61.7 Å². The number of likely N-dealkylation sites (N-methyl/N-ethyl adjacent to an activating group) is 1. The Bertz CT molecular complexity index is 618. The van der Waals surface area contributed by atoms with Gasteiger partial charge in [0.05, 0.1) is 12.0 Å². The molecule has 0 unspecified atom stereocenters. The number of hydrogen-bond acceptors (Lipinski definition) is 2. The number of hydrogen-bond donors (Lipinski definition) is 0. The second kappa shape index (κ2) is 5.33. The van der Waals surface area contributed by atoms with Crippen LogP contribution in [0.4, 0.5) is 5.69 Å². The topological polar surface area (TPSA) is 20.3 Å². The van der Waals surface area contributed by atoms with Crippen molar-refractivity contribution in [1.29, 1.82) is 0 Å². The van der Waals surface area contributed by atoms with Crippen molar-refractivity contribution in [2.75, 3.05) is 11.9 Å². The Hall–Kier alpha value is -2.35. The quantitative estimate of drug-likeness (QED) is 0.845. The fraction of sp³-hybridized carbons (Fsp3) is 0.167. The van der Waals surface area contributed by atoms with Crippen molar-refractivity contribution in [3.63, 3.8) is 0 Å². The highest BCUT2D eigenvalue weighted by atomic mass is 16.1. The molecule has 0 saturated heterocycles. The zero-order valence-electron chi connectivity index (χ0n) is 11.4. The van der Waals surface area contributed by atoms with Crippen molar-refractivity contribution in [3.8, 4) is 0 Å². The maximum absolute atomic E-state index is 12.2. The van der Waals surface area contributed by atoms with Crippen molar-refractivity contribution in [1.82, 2.24) is 0 Å². The van der Waals surface area contributed by atoms with Gasteiger partial charge in [0.2, 0.25) is 0 Å². The predicted molar refractivity (Wildman–Crippen MR) is 82.0 cm³/mol. The van der Waals surface area contributed by atoms with E-state index in [-0.39, 0.29) is 17.7 Å². The van der Waals surface area contributed by atoms with E-state index in [1.165, 1.54) is 0 Å². The molecule has 2 heteroatoms. The molecule has 0 radical (unpaired) electrons. The van der Waals surface area contributed by atoms with Crippen LogP contribution in [0.3, 0.4) is 0 Å². The average Bonchev–Trinajstić information content (AvgIpc) is 2.90. The van der Waals surface area contributed by atoms with Gasteiger partial charge in [0.15, 0.2) is 5.78 Å². The van der Waals surface area contributed by atoms with E-state index in [9.17, 15) is 4.79 Å². The third kappa shape index (κ3) is 2.25. The van der Waals surface area contributed by atoms with Gasteiger partial charge in [0.1, 0.15) is 0 Å². The van der Waals surface area contributed by atoms with Crippen molar-refractivity contribution in [2.24, 2.45) is 0 Å². The lowest BCUT2D eigenvalue weighted by Gasteiger charge is -2.30. The summed E-state index contributed by atoms with van der Waals surface area (Å²) in [5, 5.41) is 0. The lowest BCUT2D eigenvalue weighted by atomic mass is 9.91. The fourth-order valence-corrected chi connectivity index (χ4v) is 2.79. The molecule has 20 heavy (non-hydrogen) atoms. The van der Waals surface area contributed by atoms with E-state index in [1.54, 1.807) is 6.08 Å². The molecule has 0 spiro atoms. The summed E-state index contributed by atoms with van der Waals surface area (Å²) in [5.74, 6) is 0.0744. The molecule has 3 rings (SSSR count). The van der Waals surface area contributed by atoms with E-state index < -0.39 is 0 Å². The SMILES string of the molecule is CN(c1ccccc1)[C@@H]1C=CC(=O)[C@H]1c1ccccc1. The molecule has 100 valence electrons. The number of carbonyl (C=O) groups is 1. The molecule has 0 aromatic heterocycles. The van der Waals surface area contributed by atoms with E-state index in [2.05, 4.69) is 17.0 Å². The lowest BCUT2D eigenvalue weighted by Crippen LogP contribution is -2.35. The molecule has 2 atom stereocenters. The average molecular weight is 263 g/mol. The zero-order chi connectivity index (χ0) is 13.9. The van der Waals surface area contributed by atoms with Gasteiger partial charge >= 0.3 is 0 Å². The van der Waals surface area contributed by atoms with E-state index in [0.29, 0.717) is 0 Å². The molecular weight excluding hydrogens is 246 g/mol. The van der Waals surface area contributed by atoms with Crippen LogP contribution in [0.5, 0.6) is 0 Å². The van der Waals surface area contributed by atoms with Crippen LogP contribution < -0.4 is 4.90 Å². The molecule has 2 aromatic rings. The summed E-state index contributed by atoms with van der Waals surface area (Å²) < 4.78 is 0. The van der Waals surface area contributed by atoms with Gasteiger partial charge in [0.25, 0.3) is 0 Å². The zero-order valence-corrected chi connectivity index (χ0v) is 11.4. The molecular formula is C18H17NO. The van der Waals surface area contributed by atoms with Crippen molar-refractivity contribution in [3.05, 3.63) is 78.4 Å². The Labute approximate surface area is 119 Å². The maximum Gasteiger partial charge on any atom is 0.165 e. The minimum Gasteiger partial charge on any atom is -0.367 e. The number of nitrogens with zero attached hydrogens (tertiary/aromatic N) is 1. The summed E-state index contributed by atoms with van der Waals surface area (Å²) >= 11 is 0. The molecule has 0 fully saturated rings. The lowest BCUT2D eigenvalue weighted by molar-refractivity contribution is -0.115. The van der Waals surface area contributed by atoms with Gasteiger partial charge in [-0.05, 0) is 23.8 Å². The van der Waals surface area contributed by atoms with Crippen LogP contribution in [0.1, 0.15) is 11.5 Å². The van der Waals surface area contributed by atoms with Crippen LogP contribution in [-0.2, 0) is 4.79 Å². The van der Waals surface area contributed by atoms with Crippen LogP contribution in [0, 0.1) is 0 Å². The van der Waals surface area contributed by atoms with Gasteiger partial charge in [-0.2, -0.15) is 0 Å². The molecule has 1 aliphatic rings. The second-order valence-corrected chi connectivity index (χ2v) is 5.09. The molecule has 0 bridgehead atoms. The first-order chi connectivity index (χ1) is 9.77. The summed E-state index contributed by atoms with van der Waals surface area (Å²) in [4.78, 5) is 14.4. The number of allylic oxidation sites excluding steroid dienone is 1. The highest BCUT2D eigenvalue weighted by Crippen LogP contribution is 2.32. The van der Waals surface area contributed by atoms with Crippen molar-refractivity contribution >= 4 is 11.5 Å². The largest absolute Gasteiger partial charge is 0.367 e. The summed E-state index contributed by atoms with van der Waals surface area (Å²) in [6.45, 7) is 0. The highest BCUT2D eigenvalue weighted by molar-refractivity contribution is 5.99. The molecule has 0 N–H and O–H groups in total. The van der Waals surface area contributed by atoms with Crippen LogP contribution in [-0.4, -0.2) is 18.9 Å². The van der Waals surface area contributed by atoms with Crippen LogP contribution in [0.2, 0.25) is 0 Å². The minimum atomic E-state index is -0.110. The van der Waals surface area contributed by atoms with Crippen LogP contribution in [0.15, 0.2) is 72.8 Å². The van der Waals surface area contributed by atoms with E-state index in [0.717, 1.165) is 11.3 Å². The highest BCUT2D eigenvalue weighted by Gasteiger charge is 2.34. The first-order valence-electron chi connectivity index (χ1n) is 6.82. The number of benzene rings is 2. The van der Waals surface area contributed by atoms with Gasteiger partial charge in [-0.1, -0.05) is 54.6 Å². The Morgan fingerprint density at radius 1 is 0.900 bits per heavy atom. The first-order valence-corrected chi connectivity index (χ1v) is 6.82. The van der Waals surface area contributed by atoms with E-state index in [4.69, 9.17) is 0 Å². The van der Waals surface area contributed by atoms with Gasteiger partial charge in [-0.25, -0.2) is 0 Å². The van der Waals surface area contributed by atoms with Crippen molar-refractivity contribution in [2.45, 2.75) is 12.0 Å². The molecule has 0 aliphatic heterocycles. The summed E-state index contributed by atoms with van der Waals surface area (Å²) in [6.07, 6.45) is 3.72. The summed E-state index contributed by atoms with van der Waals surface area (Å²) in [5.41, 5.74) is 2.20. The Morgan fingerprint density at radius 2 is 1.50 bits per heavy atom. The molecule has 0 amide bonds. The van der Waals surface area contributed by atoms with Gasteiger partial charge in [-0.3, -0.25) is 4.79 Å². The second-order valence-electron chi connectivity index (χ2n) is 5.09. The smallest absolute Gasteiger partial charge is 0.165 e. The molecule has 2 nitrogen and oxygen atoms in total. The number of carbonyl (C=O) groups excluding carboxylic acids is 1. The monoisotopic (exact) mass is 263 g/mol. The number of ketones is 1. The normalized spacial score (nSPS) is 21.1. The van der Waals surface area contributed by atoms with E-state index >= 15 is 0 Å². The maximum atomic E-state index is 12.2. The third-order valence-electron chi connectivity index (χ3n) is 3.88.